The number of likely N-dealkylation sites (N-methyl/N-ethyl adjacent to an activating group) is 1. The molecule has 14 nitrogen and oxygen atoms in total. The largest absolute Gasteiger partial charge is 0.459 e. The summed E-state index contributed by atoms with van der Waals surface area (Å²) in [7, 11) is 2.95. The van der Waals surface area contributed by atoms with Crippen molar-refractivity contribution < 1.29 is 48.5 Å². The van der Waals surface area contributed by atoms with Crippen molar-refractivity contribution in [3.8, 4) is 17.2 Å². The van der Waals surface area contributed by atoms with Crippen molar-refractivity contribution in [3.63, 3.8) is 0 Å². The topological polar surface area (TPSA) is 179 Å². The van der Waals surface area contributed by atoms with Crippen LogP contribution in [-0.4, -0.2) is 83.9 Å². The van der Waals surface area contributed by atoms with E-state index >= 15 is 0 Å². The number of aliphatic hydroxyl groups excluding tert-OH is 2. The van der Waals surface area contributed by atoms with Gasteiger partial charge >= 0.3 is 6.09 Å². The quantitative estimate of drug-likeness (QED) is 0.0399. The standard InChI is InChI=1S/C44H51N3O11/c1-4-22-55-44-40(46(2)43(51)54-3)26-38(45-56-28-29-14-16-32(17-15-29)47(52)53)36-24-31(11-5-7-20-48)35(13-6-8-21-49)41(42(36)44)37-25-34(18-19-39(37)58-44)57-33-12-9-10-30(23-33)27-50/h4,9-10,12,14-19,23-25,27,31,35,40-42,48-49H,1,5-8,11,13,20-22,26,28H2,2-3H3. The summed E-state index contributed by atoms with van der Waals surface area (Å²) < 4.78 is 25.5. The van der Waals surface area contributed by atoms with E-state index < -0.39 is 28.8 Å². The summed E-state index contributed by atoms with van der Waals surface area (Å²) in [5.74, 6) is -0.706. The summed E-state index contributed by atoms with van der Waals surface area (Å²) in [5.41, 5.74) is 3.42. The molecule has 3 aromatic rings. The van der Waals surface area contributed by atoms with Crippen molar-refractivity contribution in [1.82, 2.24) is 4.90 Å². The van der Waals surface area contributed by atoms with Crippen LogP contribution in [-0.2, 0) is 20.9 Å². The minimum Gasteiger partial charge on any atom is -0.459 e. The van der Waals surface area contributed by atoms with Crippen molar-refractivity contribution in [2.45, 2.75) is 69.3 Å². The van der Waals surface area contributed by atoms with E-state index in [0.717, 1.165) is 43.1 Å². The van der Waals surface area contributed by atoms with Crippen molar-refractivity contribution in [1.29, 1.82) is 0 Å². The van der Waals surface area contributed by atoms with Crippen LogP contribution in [0.5, 0.6) is 17.2 Å². The number of non-ortho nitro benzene ring substituents is 1. The van der Waals surface area contributed by atoms with Gasteiger partial charge in [-0.15, -0.1) is 6.58 Å². The predicted octanol–water partition coefficient (Wildman–Crippen LogP) is 7.73. The van der Waals surface area contributed by atoms with Crippen molar-refractivity contribution >= 4 is 23.8 Å². The maximum absolute atomic E-state index is 13.4. The van der Waals surface area contributed by atoms with Crippen LogP contribution in [0.1, 0.15) is 72.3 Å². The maximum atomic E-state index is 13.4. The third-order valence-electron chi connectivity index (χ3n) is 11.4. The Morgan fingerprint density at radius 2 is 1.79 bits per heavy atom. The van der Waals surface area contributed by atoms with Crippen LogP contribution < -0.4 is 9.47 Å². The first-order valence-electron chi connectivity index (χ1n) is 19.7. The number of carbonyl (C=O) groups excluding carboxylic acids is 2. The summed E-state index contributed by atoms with van der Waals surface area (Å²) in [6.07, 6.45) is 8.49. The molecule has 0 bridgehead atoms. The summed E-state index contributed by atoms with van der Waals surface area (Å²) in [5, 5.41) is 35.6. The van der Waals surface area contributed by atoms with Gasteiger partial charge in [0, 0.05) is 55.9 Å². The smallest absolute Gasteiger partial charge is 0.409 e. The van der Waals surface area contributed by atoms with Gasteiger partial charge in [0.15, 0.2) is 0 Å². The molecule has 0 radical (unpaired) electrons. The van der Waals surface area contributed by atoms with Crippen molar-refractivity contribution in [3.05, 3.63) is 118 Å². The highest BCUT2D eigenvalue weighted by molar-refractivity contribution is 6.03. The Morgan fingerprint density at radius 1 is 1.05 bits per heavy atom. The number of aldehydes is 1. The SMILES string of the molecule is C=CCOC12Oc3ccc(Oc4cccc(C=O)c4)cc3C3C(CCCCO)C(CCCCO)C=C(C(=NOCc4ccc([N+](=O)[O-])cc4)CC1N(C)C(=O)OC)C32. The molecule has 0 spiro atoms. The minimum absolute atomic E-state index is 0.00755. The van der Waals surface area contributed by atoms with Gasteiger partial charge < -0.3 is 38.9 Å². The average Bonchev–Trinajstić information content (AvgIpc) is 3.24. The average molecular weight is 798 g/mol. The zero-order valence-electron chi connectivity index (χ0n) is 32.9. The zero-order valence-corrected chi connectivity index (χ0v) is 32.9. The Kier molecular flexibility index (Phi) is 14.0. The molecule has 6 atom stereocenters. The molecule has 3 aromatic carbocycles. The molecule has 3 aliphatic rings. The zero-order chi connectivity index (χ0) is 41.2. The van der Waals surface area contributed by atoms with E-state index in [9.17, 15) is 29.9 Å². The highest BCUT2D eigenvalue weighted by atomic mass is 16.7. The first-order chi connectivity index (χ1) is 28.2. The van der Waals surface area contributed by atoms with Crippen LogP contribution >= 0.6 is 0 Å². The molecule has 0 aromatic heterocycles. The molecule has 1 fully saturated rings. The summed E-state index contributed by atoms with van der Waals surface area (Å²) in [4.78, 5) is 43.3. The molecule has 1 aliphatic heterocycles. The number of carbonyl (C=O) groups is 2. The first kappa shape index (κ1) is 42.0. The van der Waals surface area contributed by atoms with Crippen LogP contribution in [0, 0.1) is 27.9 Å². The Morgan fingerprint density at radius 3 is 2.48 bits per heavy atom. The molecule has 308 valence electrons. The molecule has 1 heterocycles. The number of hydrogen-bond acceptors (Lipinski definition) is 12. The fourth-order valence-corrected chi connectivity index (χ4v) is 8.75. The van der Waals surface area contributed by atoms with Gasteiger partial charge in [-0.2, -0.15) is 0 Å². The van der Waals surface area contributed by atoms with Crippen LogP contribution in [0.25, 0.3) is 0 Å². The van der Waals surface area contributed by atoms with Crippen LogP contribution in [0.4, 0.5) is 10.5 Å². The van der Waals surface area contributed by atoms with E-state index in [1.807, 2.05) is 12.1 Å². The molecule has 0 saturated heterocycles. The Balaban J connectivity index is 1.53. The molecule has 58 heavy (non-hydrogen) atoms. The molecular weight excluding hydrogens is 746 g/mol. The van der Waals surface area contributed by atoms with Gasteiger partial charge in [-0.1, -0.05) is 42.3 Å². The number of nitrogens with zero attached hydrogens (tertiary/aromatic N) is 3. The third-order valence-corrected chi connectivity index (χ3v) is 11.4. The fraction of sp³-hybridized carbons (Fsp3) is 0.432. The lowest BCUT2D eigenvalue weighted by Gasteiger charge is -2.59. The number of aliphatic hydroxyl groups is 2. The predicted molar refractivity (Wildman–Crippen MR) is 215 cm³/mol. The molecule has 6 rings (SSSR count). The number of nitro groups is 1. The first-order valence-corrected chi connectivity index (χ1v) is 19.7. The lowest BCUT2D eigenvalue weighted by molar-refractivity contribution is -0.384. The monoisotopic (exact) mass is 797 g/mol. The van der Waals surface area contributed by atoms with Gasteiger partial charge in [0.1, 0.15) is 36.2 Å². The Labute approximate surface area is 337 Å². The van der Waals surface area contributed by atoms with Gasteiger partial charge in [0.25, 0.3) is 5.69 Å². The molecule has 14 heteroatoms. The number of hydrogen-bond donors (Lipinski definition) is 2. The van der Waals surface area contributed by atoms with Crippen LogP contribution in [0.15, 0.2) is 96.2 Å². The summed E-state index contributed by atoms with van der Waals surface area (Å²) in [6, 6.07) is 17.8. The number of ether oxygens (including phenoxy) is 4. The van der Waals surface area contributed by atoms with E-state index in [4.69, 9.17) is 28.9 Å². The van der Waals surface area contributed by atoms with E-state index in [0.29, 0.717) is 46.9 Å². The van der Waals surface area contributed by atoms with E-state index in [1.165, 1.54) is 24.1 Å². The number of amides is 1. The molecule has 1 saturated carbocycles. The summed E-state index contributed by atoms with van der Waals surface area (Å²) in [6.45, 7) is 4.19. The Hall–Kier alpha value is -5.57. The number of oxime groups is 1. The van der Waals surface area contributed by atoms with Crippen molar-refractivity contribution in [2.75, 3.05) is 34.0 Å². The van der Waals surface area contributed by atoms with Crippen LogP contribution in [0.2, 0.25) is 0 Å². The van der Waals surface area contributed by atoms with E-state index in [1.54, 1.807) is 55.6 Å². The van der Waals surface area contributed by atoms with Crippen molar-refractivity contribution in [2.24, 2.45) is 22.9 Å². The van der Waals surface area contributed by atoms with E-state index in [-0.39, 0.29) is 56.3 Å². The van der Waals surface area contributed by atoms with Gasteiger partial charge in [0.05, 0.1) is 30.3 Å². The number of unbranched alkanes of at least 4 members (excludes halogenated alkanes) is 2. The van der Waals surface area contributed by atoms with Gasteiger partial charge in [0.2, 0.25) is 5.79 Å². The molecule has 1 amide bonds. The minimum atomic E-state index is -1.45. The lowest BCUT2D eigenvalue weighted by Crippen LogP contribution is -2.69. The number of nitro benzene ring substituents is 1. The second-order valence-corrected chi connectivity index (χ2v) is 14.8. The van der Waals surface area contributed by atoms with E-state index in [2.05, 4.69) is 12.7 Å². The number of allylic oxidation sites excluding steroid dienone is 1. The molecule has 2 aliphatic carbocycles. The maximum Gasteiger partial charge on any atom is 0.409 e. The number of benzene rings is 3. The number of fused-ring (bicyclic) bond motifs is 2. The van der Waals surface area contributed by atoms with Gasteiger partial charge in [-0.25, -0.2) is 4.79 Å². The third kappa shape index (κ3) is 8.94. The number of rotatable bonds is 19. The second kappa shape index (κ2) is 19.2. The highest BCUT2D eigenvalue weighted by Gasteiger charge is 2.65. The molecule has 2 N–H and O–H groups in total. The summed E-state index contributed by atoms with van der Waals surface area (Å²) >= 11 is 0. The van der Waals surface area contributed by atoms with Gasteiger partial charge in [-0.3, -0.25) is 14.9 Å². The highest BCUT2D eigenvalue weighted by Crippen LogP contribution is 2.62. The fourth-order valence-electron chi connectivity index (χ4n) is 8.75. The molecule has 6 unspecified atom stereocenters. The number of methoxy groups -OCH3 is 1. The Bertz CT molecular complexity index is 2000. The normalized spacial score (nSPS) is 23.7. The van der Waals surface area contributed by atoms with Crippen LogP contribution in [0.3, 0.4) is 0 Å². The molecular formula is C44H51N3O11. The van der Waals surface area contributed by atoms with Gasteiger partial charge in [-0.05, 0) is 91.1 Å². The second-order valence-electron chi connectivity index (χ2n) is 14.8. The lowest BCUT2D eigenvalue weighted by atomic mass is 9.55.